The lowest BCUT2D eigenvalue weighted by Crippen LogP contribution is -2.19. The van der Waals surface area contributed by atoms with E-state index in [1.807, 2.05) is 0 Å². The van der Waals surface area contributed by atoms with Gasteiger partial charge in [-0.3, -0.25) is 0 Å². The molecule has 18 heavy (non-hydrogen) atoms. The maximum absolute atomic E-state index is 10.7. The first-order valence-corrected chi connectivity index (χ1v) is 6.15. The van der Waals surface area contributed by atoms with E-state index >= 15 is 0 Å². The highest BCUT2D eigenvalue weighted by Crippen LogP contribution is 2.37. The predicted molar refractivity (Wildman–Crippen MR) is 66.3 cm³/mol. The van der Waals surface area contributed by atoms with Crippen molar-refractivity contribution in [2.75, 3.05) is 0 Å². The molecule has 0 aromatic carbocycles. The number of hydrogen-bond acceptors (Lipinski definition) is 3. The molecule has 0 radical (unpaired) electrons. The lowest BCUT2D eigenvalue weighted by Gasteiger charge is -2.28. The third kappa shape index (κ3) is 2.64. The van der Waals surface area contributed by atoms with Crippen molar-refractivity contribution in [2.24, 2.45) is 11.8 Å². The molecule has 1 aromatic heterocycles. The normalized spacial score (nSPS) is 25.6. The SMILES string of the molecule is CC1=CC(C)CC(C(O)c2ccc(C(=O)O)o2)C1. The van der Waals surface area contributed by atoms with Crippen molar-refractivity contribution in [1.82, 2.24) is 0 Å². The van der Waals surface area contributed by atoms with E-state index in [4.69, 9.17) is 9.52 Å². The Kier molecular flexibility index (Phi) is 3.57. The van der Waals surface area contributed by atoms with Crippen molar-refractivity contribution >= 4 is 5.97 Å². The van der Waals surface area contributed by atoms with Gasteiger partial charge < -0.3 is 14.6 Å². The zero-order valence-corrected chi connectivity index (χ0v) is 10.6. The lowest BCUT2D eigenvalue weighted by molar-refractivity contribution is 0.0595. The highest BCUT2D eigenvalue weighted by atomic mass is 16.4. The fourth-order valence-corrected chi connectivity index (χ4v) is 2.70. The van der Waals surface area contributed by atoms with Crippen LogP contribution in [0.4, 0.5) is 0 Å². The molecule has 1 aliphatic carbocycles. The maximum atomic E-state index is 10.7. The van der Waals surface area contributed by atoms with E-state index in [9.17, 15) is 9.90 Å². The van der Waals surface area contributed by atoms with Gasteiger partial charge in [0.1, 0.15) is 11.9 Å². The molecule has 2 rings (SSSR count). The molecule has 0 amide bonds. The summed E-state index contributed by atoms with van der Waals surface area (Å²) < 4.78 is 5.16. The van der Waals surface area contributed by atoms with E-state index in [0.717, 1.165) is 12.8 Å². The summed E-state index contributed by atoms with van der Waals surface area (Å²) in [4.78, 5) is 10.7. The minimum Gasteiger partial charge on any atom is -0.475 e. The fourth-order valence-electron chi connectivity index (χ4n) is 2.70. The summed E-state index contributed by atoms with van der Waals surface area (Å²) in [5, 5.41) is 19.1. The van der Waals surface area contributed by atoms with E-state index in [0.29, 0.717) is 11.7 Å². The molecule has 3 unspecified atom stereocenters. The number of carboxylic acids is 1. The number of carboxylic acid groups (broad SMARTS) is 1. The summed E-state index contributed by atoms with van der Waals surface area (Å²) >= 11 is 0. The summed E-state index contributed by atoms with van der Waals surface area (Å²) in [6, 6.07) is 2.93. The Hall–Kier alpha value is -1.55. The van der Waals surface area contributed by atoms with Crippen LogP contribution in [-0.2, 0) is 0 Å². The molecule has 1 heterocycles. The minimum absolute atomic E-state index is 0.0952. The molecule has 1 aliphatic rings. The van der Waals surface area contributed by atoms with Crippen molar-refractivity contribution in [3.8, 4) is 0 Å². The molecule has 4 nitrogen and oxygen atoms in total. The minimum atomic E-state index is -1.11. The zero-order valence-electron chi connectivity index (χ0n) is 10.6. The number of aliphatic hydroxyl groups is 1. The molecule has 4 heteroatoms. The van der Waals surface area contributed by atoms with Crippen LogP contribution in [0.15, 0.2) is 28.2 Å². The third-order valence-electron chi connectivity index (χ3n) is 3.40. The van der Waals surface area contributed by atoms with Gasteiger partial charge in [-0.05, 0) is 43.7 Å². The topological polar surface area (TPSA) is 70.7 Å². The van der Waals surface area contributed by atoms with Crippen molar-refractivity contribution in [3.05, 3.63) is 35.3 Å². The quantitative estimate of drug-likeness (QED) is 0.809. The Balaban J connectivity index is 2.13. The second-order valence-corrected chi connectivity index (χ2v) is 5.14. The van der Waals surface area contributed by atoms with Crippen molar-refractivity contribution in [1.29, 1.82) is 0 Å². The summed E-state index contributed by atoms with van der Waals surface area (Å²) in [5.74, 6) is -0.355. The van der Waals surface area contributed by atoms with Gasteiger partial charge in [-0.2, -0.15) is 0 Å². The standard InChI is InChI=1S/C14H18O4/c1-8-5-9(2)7-10(6-8)13(15)11-3-4-12(18-11)14(16)17/h3-5,8,10,13,15H,6-7H2,1-2H3,(H,16,17). The van der Waals surface area contributed by atoms with Crippen LogP contribution >= 0.6 is 0 Å². The van der Waals surface area contributed by atoms with Crippen LogP contribution in [0.2, 0.25) is 0 Å². The second-order valence-electron chi connectivity index (χ2n) is 5.14. The number of allylic oxidation sites excluding steroid dienone is 2. The van der Waals surface area contributed by atoms with E-state index in [1.54, 1.807) is 6.07 Å². The Bertz CT molecular complexity index is 472. The van der Waals surface area contributed by atoms with E-state index < -0.39 is 12.1 Å². The highest BCUT2D eigenvalue weighted by molar-refractivity contribution is 5.84. The molecular formula is C14H18O4. The highest BCUT2D eigenvalue weighted by Gasteiger charge is 2.28. The van der Waals surface area contributed by atoms with Gasteiger partial charge in [0.05, 0.1) is 0 Å². The first-order chi connectivity index (χ1) is 8.47. The van der Waals surface area contributed by atoms with E-state index in [2.05, 4.69) is 19.9 Å². The Morgan fingerprint density at radius 1 is 1.50 bits per heavy atom. The smallest absolute Gasteiger partial charge is 0.371 e. The predicted octanol–water partition coefficient (Wildman–Crippen LogP) is 3.00. The molecule has 98 valence electrons. The third-order valence-corrected chi connectivity index (χ3v) is 3.40. The summed E-state index contributed by atoms with van der Waals surface area (Å²) in [6.45, 7) is 4.17. The fraction of sp³-hybridized carbons (Fsp3) is 0.500. The van der Waals surface area contributed by atoms with Gasteiger partial charge in [-0.25, -0.2) is 4.79 Å². The van der Waals surface area contributed by atoms with Gasteiger partial charge in [0.25, 0.3) is 0 Å². The number of furan rings is 1. The molecular weight excluding hydrogens is 232 g/mol. The summed E-state index contributed by atoms with van der Waals surface area (Å²) in [6.07, 6.45) is 3.20. The average molecular weight is 250 g/mol. The average Bonchev–Trinajstić information content (AvgIpc) is 2.75. The van der Waals surface area contributed by atoms with Gasteiger partial charge in [0.2, 0.25) is 5.76 Å². The Morgan fingerprint density at radius 3 is 2.78 bits per heavy atom. The molecule has 0 saturated heterocycles. The number of hydrogen-bond donors (Lipinski definition) is 2. The molecule has 1 aromatic rings. The molecule has 0 bridgehead atoms. The monoisotopic (exact) mass is 250 g/mol. The maximum Gasteiger partial charge on any atom is 0.371 e. The van der Waals surface area contributed by atoms with E-state index in [1.165, 1.54) is 11.6 Å². The van der Waals surface area contributed by atoms with Crippen LogP contribution in [0.1, 0.15) is 49.1 Å². The number of rotatable bonds is 3. The number of aromatic carboxylic acids is 1. The molecule has 3 atom stereocenters. The van der Waals surface area contributed by atoms with Crippen molar-refractivity contribution in [2.45, 2.75) is 32.8 Å². The zero-order chi connectivity index (χ0) is 13.3. The van der Waals surface area contributed by atoms with Gasteiger partial charge >= 0.3 is 5.97 Å². The van der Waals surface area contributed by atoms with Crippen LogP contribution < -0.4 is 0 Å². The largest absolute Gasteiger partial charge is 0.475 e. The van der Waals surface area contributed by atoms with Crippen LogP contribution in [0.5, 0.6) is 0 Å². The molecule has 0 saturated carbocycles. The van der Waals surface area contributed by atoms with E-state index in [-0.39, 0.29) is 11.7 Å². The van der Waals surface area contributed by atoms with Gasteiger partial charge in [-0.15, -0.1) is 0 Å². The lowest BCUT2D eigenvalue weighted by atomic mass is 9.80. The summed E-state index contributed by atoms with van der Waals surface area (Å²) in [7, 11) is 0. The van der Waals surface area contributed by atoms with Crippen LogP contribution in [0.25, 0.3) is 0 Å². The molecule has 0 spiro atoms. The van der Waals surface area contributed by atoms with Crippen molar-refractivity contribution in [3.63, 3.8) is 0 Å². The Morgan fingerprint density at radius 2 is 2.22 bits per heavy atom. The van der Waals surface area contributed by atoms with Crippen LogP contribution in [0, 0.1) is 11.8 Å². The first kappa shape index (κ1) is 12.9. The van der Waals surface area contributed by atoms with Crippen LogP contribution in [-0.4, -0.2) is 16.2 Å². The first-order valence-electron chi connectivity index (χ1n) is 6.15. The molecule has 0 fully saturated rings. The van der Waals surface area contributed by atoms with Crippen LogP contribution in [0.3, 0.4) is 0 Å². The number of carbonyl (C=O) groups is 1. The summed E-state index contributed by atoms with van der Waals surface area (Å²) in [5.41, 5.74) is 1.27. The van der Waals surface area contributed by atoms with Gasteiger partial charge in [0, 0.05) is 0 Å². The molecule has 2 N–H and O–H groups in total. The van der Waals surface area contributed by atoms with Gasteiger partial charge in [0.15, 0.2) is 0 Å². The van der Waals surface area contributed by atoms with Crippen molar-refractivity contribution < 1.29 is 19.4 Å². The van der Waals surface area contributed by atoms with Gasteiger partial charge in [-0.1, -0.05) is 18.6 Å². The molecule has 0 aliphatic heterocycles. The number of aliphatic hydroxyl groups excluding tert-OH is 1. The second kappa shape index (κ2) is 4.98. The Labute approximate surface area is 106 Å².